The molecule has 0 radical (unpaired) electrons. The first-order valence-electron chi connectivity index (χ1n) is 20.4. The van der Waals surface area contributed by atoms with Gasteiger partial charge >= 0.3 is 24.3 Å². The van der Waals surface area contributed by atoms with Gasteiger partial charge in [-0.3, -0.25) is 20.6 Å². The zero-order valence-electron chi connectivity index (χ0n) is 35.6. The third kappa shape index (κ3) is 13.8. The lowest BCUT2D eigenvalue weighted by Crippen LogP contribution is -2.50. The summed E-state index contributed by atoms with van der Waals surface area (Å²) in [5.41, 5.74) is -4.18. The Morgan fingerprint density at radius 1 is 0.603 bits per heavy atom. The van der Waals surface area contributed by atoms with Crippen LogP contribution in [0.25, 0.3) is 0 Å². The second-order valence-electron chi connectivity index (χ2n) is 15.2. The fourth-order valence-corrected chi connectivity index (χ4v) is 7.43. The average Bonchev–Trinajstić information content (AvgIpc) is 3.29. The predicted molar refractivity (Wildman–Crippen MR) is 235 cm³/mol. The Bertz CT molecular complexity index is 2620. The number of hydrogen-bond donors (Lipinski definition) is 5. The van der Waals surface area contributed by atoms with Gasteiger partial charge in [0.25, 0.3) is 0 Å². The second-order valence-corrected chi connectivity index (χ2v) is 16.1. The molecule has 0 bridgehead atoms. The maximum Gasteiger partial charge on any atom is 0.416 e. The topological polar surface area (TPSA) is 154 Å². The number of rotatable bonds is 17. The lowest BCUT2D eigenvalue weighted by molar-refractivity contribution is -0.153. The number of aliphatic hydroxyl groups excluding tert-OH is 2. The molecule has 0 saturated carbocycles. The zero-order chi connectivity index (χ0) is 49.9. The summed E-state index contributed by atoms with van der Waals surface area (Å²) >= 11 is 11.9. The number of carboxylic acid groups (broad SMARTS) is 1. The van der Waals surface area contributed by atoms with E-state index in [1.165, 1.54) is 36.7 Å². The quantitative estimate of drug-likeness (QED) is 0.0442. The Balaban J connectivity index is 0.000000255. The van der Waals surface area contributed by atoms with Crippen LogP contribution in [0.15, 0.2) is 134 Å². The van der Waals surface area contributed by atoms with Gasteiger partial charge in [0.05, 0.1) is 50.2 Å². The highest BCUT2D eigenvalue weighted by molar-refractivity contribution is 6.30. The molecule has 0 aliphatic rings. The number of hydrogen-bond acceptors (Lipinski definition) is 9. The number of alkyl halides is 6. The molecule has 0 spiro atoms. The van der Waals surface area contributed by atoms with Gasteiger partial charge in [-0.2, -0.15) is 26.3 Å². The largest absolute Gasteiger partial charge is 0.479 e. The molecule has 0 fully saturated rings. The number of pyridine rings is 2. The van der Waals surface area contributed by atoms with Gasteiger partial charge in [0.15, 0.2) is 12.2 Å². The first-order valence-corrected chi connectivity index (χ1v) is 21.2. The van der Waals surface area contributed by atoms with E-state index < -0.39 is 83.4 Å². The predicted octanol–water partition coefficient (Wildman–Crippen LogP) is 9.31. The summed E-state index contributed by atoms with van der Waals surface area (Å²) in [5, 5.41) is 35.7. The number of nitrogens with zero attached hydrogens (tertiary/aromatic N) is 2. The summed E-state index contributed by atoms with van der Waals surface area (Å²) in [4.78, 5) is 31.8. The molecule has 4 atom stereocenters. The maximum absolute atomic E-state index is 14.5. The van der Waals surface area contributed by atoms with E-state index in [0.29, 0.717) is 23.3 Å². The van der Waals surface area contributed by atoms with Crippen molar-refractivity contribution in [3.63, 3.8) is 0 Å². The number of aliphatic hydroxyl groups is 2. The summed E-state index contributed by atoms with van der Waals surface area (Å²) in [6.07, 6.45) is -10.6. The number of aliphatic carboxylic acids is 1. The smallest absolute Gasteiger partial charge is 0.416 e. The van der Waals surface area contributed by atoms with Crippen LogP contribution in [0.4, 0.5) is 35.1 Å². The van der Waals surface area contributed by atoms with Crippen molar-refractivity contribution in [1.82, 2.24) is 20.6 Å². The van der Waals surface area contributed by atoms with Crippen molar-refractivity contribution >= 4 is 35.1 Å². The highest BCUT2D eigenvalue weighted by Gasteiger charge is 2.42. The van der Waals surface area contributed by atoms with Crippen LogP contribution >= 0.6 is 23.2 Å². The molecule has 2 unspecified atom stereocenters. The van der Waals surface area contributed by atoms with Gasteiger partial charge in [-0.05, 0) is 89.8 Å². The Hall–Kier alpha value is -6.02. The molecule has 0 amide bonds. The van der Waals surface area contributed by atoms with Gasteiger partial charge < -0.3 is 20.1 Å². The number of esters is 1. The molecular weight excluding hydrogens is 951 g/mol. The van der Waals surface area contributed by atoms with Gasteiger partial charge in [0.2, 0.25) is 0 Å². The first-order chi connectivity index (χ1) is 32.1. The van der Waals surface area contributed by atoms with Crippen molar-refractivity contribution in [3.05, 3.63) is 200 Å². The van der Waals surface area contributed by atoms with Crippen molar-refractivity contribution in [2.24, 2.45) is 0 Å². The Kier molecular flexibility index (Phi) is 17.8. The first kappa shape index (κ1) is 52.9. The van der Waals surface area contributed by atoms with E-state index in [-0.39, 0.29) is 52.0 Å². The molecule has 0 aliphatic carbocycles. The highest BCUT2D eigenvalue weighted by atomic mass is 35.5. The van der Waals surface area contributed by atoms with Crippen LogP contribution in [-0.4, -0.2) is 69.1 Å². The highest BCUT2D eigenvalue weighted by Crippen LogP contribution is 2.40. The lowest BCUT2D eigenvalue weighted by Gasteiger charge is -2.36. The maximum atomic E-state index is 14.5. The second kappa shape index (κ2) is 22.9. The molecule has 6 rings (SSSR count). The normalized spacial score (nSPS) is 14.4. The third-order valence-electron chi connectivity index (χ3n) is 10.4. The van der Waals surface area contributed by atoms with Crippen LogP contribution in [0.2, 0.25) is 10.0 Å². The van der Waals surface area contributed by atoms with E-state index in [0.717, 1.165) is 24.3 Å². The van der Waals surface area contributed by atoms with Crippen molar-refractivity contribution in [3.8, 4) is 0 Å². The standard InChI is InChI=1S/C25H23ClF4N2O3.C23H19ClF4N2O3/c1-2-35-23(34)21(33)15-32-24(13-16-6-4-3-5-7-16,22-9-8-19(26)14-31-22)17-10-18(25(28,29)30)12-20(27)11-17;24-17-6-7-20(29-12-17)22(30-13-19(31)21(32)33,11-14-4-2-1-3-5-14)15-8-16(23(26,27)28)10-18(25)9-15/h3-12,14,21,32-33H,2,13,15H2,1H3;1-10,12,19,30-31H,11,13H2,(H,32,33)/t21?,24-;19?,22-/m00/s1. The summed E-state index contributed by atoms with van der Waals surface area (Å²) < 4.78 is 115. The number of aromatic nitrogens is 2. The molecule has 360 valence electrons. The van der Waals surface area contributed by atoms with Crippen LogP contribution in [0.1, 0.15) is 51.7 Å². The number of benzene rings is 4. The zero-order valence-corrected chi connectivity index (χ0v) is 37.1. The van der Waals surface area contributed by atoms with Crippen molar-refractivity contribution in [2.75, 3.05) is 19.7 Å². The number of ether oxygens (including phenoxy) is 1. The minimum Gasteiger partial charge on any atom is -0.479 e. The van der Waals surface area contributed by atoms with Gasteiger partial charge in [-0.15, -0.1) is 0 Å². The van der Waals surface area contributed by atoms with Crippen LogP contribution in [0.5, 0.6) is 0 Å². The minimum atomic E-state index is -4.83. The molecular formula is C48H42Cl2F8N4O6. The van der Waals surface area contributed by atoms with Gasteiger partial charge in [-0.1, -0.05) is 83.9 Å². The number of nitrogens with one attached hydrogen (secondary N) is 2. The Morgan fingerprint density at radius 2 is 0.985 bits per heavy atom. The third-order valence-corrected chi connectivity index (χ3v) is 10.9. The molecule has 6 aromatic rings. The van der Waals surface area contributed by atoms with Gasteiger partial charge in [0.1, 0.15) is 11.6 Å². The molecule has 20 heteroatoms. The fraction of sp³-hybridized carbons (Fsp3) is 0.250. The van der Waals surface area contributed by atoms with Crippen LogP contribution in [0.3, 0.4) is 0 Å². The number of halogens is 10. The molecule has 10 nitrogen and oxygen atoms in total. The molecule has 2 heterocycles. The molecule has 4 aromatic carbocycles. The van der Waals surface area contributed by atoms with Crippen molar-refractivity contribution in [2.45, 2.75) is 55.4 Å². The number of carboxylic acids is 1. The van der Waals surface area contributed by atoms with E-state index >= 15 is 0 Å². The van der Waals surface area contributed by atoms with Crippen molar-refractivity contribution < 1.29 is 64.8 Å². The van der Waals surface area contributed by atoms with Crippen molar-refractivity contribution in [1.29, 1.82) is 0 Å². The SMILES string of the molecule is CCOC(=O)C(O)CN[C@@](Cc1ccccc1)(c1cc(F)cc(C(F)(F)F)c1)c1ccc(Cl)cn1.O=C(O)C(O)CN[C@@](Cc1ccccc1)(c1cc(F)cc(C(F)(F)F)c1)c1ccc(Cl)cn1. The summed E-state index contributed by atoms with van der Waals surface area (Å²) in [7, 11) is 0. The van der Waals surface area contributed by atoms with E-state index in [1.807, 2.05) is 0 Å². The molecule has 0 aliphatic heterocycles. The van der Waals surface area contributed by atoms with Crippen LogP contribution < -0.4 is 10.6 Å². The lowest BCUT2D eigenvalue weighted by atomic mass is 9.79. The Labute approximate surface area is 394 Å². The molecule has 2 aromatic heterocycles. The Morgan fingerprint density at radius 3 is 1.32 bits per heavy atom. The minimum absolute atomic E-state index is 0.0127. The van der Waals surface area contributed by atoms with E-state index in [4.69, 9.17) is 33.0 Å². The van der Waals surface area contributed by atoms with E-state index in [1.54, 1.807) is 67.6 Å². The number of carbonyl (C=O) groups is 2. The van der Waals surface area contributed by atoms with E-state index in [2.05, 4.69) is 20.6 Å². The van der Waals surface area contributed by atoms with Gasteiger partial charge in [0, 0.05) is 38.3 Å². The van der Waals surface area contributed by atoms with Crippen LogP contribution in [-0.2, 0) is 50.6 Å². The summed E-state index contributed by atoms with van der Waals surface area (Å²) in [5.74, 6) is -4.68. The average molecular weight is 994 g/mol. The molecule has 5 N–H and O–H groups in total. The monoisotopic (exact) mass is 992 g/mol. The molecule has 68 heavy (non-hydrogen) atoms. The summed E-state index contributed by atoms with van der Waals surface area (Å²) in [6.45, 7) is 0.640. The summed E-state index contributed by atoms with van der Waals surface area (Å²) in [6, 6.07) is 27.5. The number of carbonyl (C=O) groups excluding carboxylic acids is 1. The van der Waals surface area contributed by atoms with Crippen LogP contribution in [0, 0.1) is 11.6 Å². The van der Waals surface area contributed by atoms with E-state index in [9.17, 15) is 54.9 Å². The van der Waals surface area contributed by atoms with Gasteiger partial charge in [-0.25, -0.2) is 18.4 Å². The fourth-order valence-electron chi connectivity index (χ4n) is 7.20. The molecule has 0 saturated heterocycles.